The van der Waals surface area contributed by atoms with E-state index >= 15 is 0 Å². The van der Waals surface area contributed by atoms with Crippen LogP contribution in [0.3, 0.4) is 0 Å². The number of carbonyl (C=O) groups excluding carboxylic acids is 1. The number of aliphatic hydroxyl groups is 1. The second-order valence-corrected chi connectivity index (χ2v) is 6.93. The number of nitrogens with one attached hydrogen (secondary N) is 1. The van der Waals surface area contributed by atoms with Gasteiger partial charge in [0.2, 0.25) is 5.91 Å². The Labute approximate surface area is 155 Å². The SMILES string of the molecule is O=C(CO)N1CCc2[nH]c3c(Cl)c(Cl)cc(-c4ccccc4)c3c2C1. The van der Waals surface area contributed by atoms with E-state index in [-0.39, 0.29) is 5.91 Å². The summed E-state index contributed by atoms with van der Waals surface area (Å²) in [5, 5.41) is 11.2. The van der Waals surface area contributed by atoms with Crippen molar-refractivity contribution < 1.29 is 9.90 Å². The second kappa shape index (κ2) is 6.37. The predicted molar refractivity (Wildman–Crippen MR) is 100.0 cm³/mol. The van der Waals surface area contributed by atoms with Crippen LogP contribution in [0.15, 0.2) is 36.4 Å². The van der Waals surface area contributed by atoms with Crippen LogP contribution in [0.4, 0.5) is 0 Å². The van der Waals surface area contributed by atoms with E-state index in [0.717, 1.165) is 33.3 Å². The smallest absolute Gasteiger partial charge is 0.248 e. The Hall–Kier alpha value is -2.01. The van der Waals surface area contributed by atoms with Crippen molar-refractivity contribution in [2.75, 3.05) is 13.2 Å². The molecule has 0 spiro atoms. The zero-order chi connectivity index (χ0) is 17.6. The number of halogens is 2. The summed E-state index contributed by atoms with van der Waals surface area (Å²) in [5.74, 6) is -0.263. The highest BCUT2D eigenvalue weighted by molar-refractivity contribution is 6.45. The van der Waals surface area contributed by atoms with Gasteiger partial charge in [-0.1, -0.05) is 53.5 Å². The summed E-state index contributed by atoms with van der Waals surface area (Å²) in [7, 11) is 0. The van der Waals surface area contributed by atoms with Crippen LogP contribution in [-0.2, 0) is 17.8 Å². The molecule has 0 unspecified atom stereocenters. The summed E-state index contributed by atoms with van der Waals surface area (Å²) in [6, 6.07) is 11.8. The predicted octanol–water partition coefficient (Wildman–Crippen LogP) is 4.02. The molecule has 1 amide bonds. The zero-order valence-electron chi connectivity index (χ0n) is 13.4. The molecule has 6 heteroatoms. The van der Waals surface area contributed by atoms with E-state index in [9.17, 15) is 9.90 Å². The Morgan fingerprint density at radius 1 is 1.24 bits per heavy atom. The third-order valence-electron chi connectivity index (χ3n) is 4.71. The van der Waals surface area contributed by atoms with E-state index in [2.05, 4.69) is 4.98 Å². The number of rotatable bonds is 2. The summed E-state index contributed by atoms with van der Waals surface area (Å²) in [5.41, 5.74) is 4.94. The first-order chi connectivity index (χ1) is 12.1. The van der Waals surface area contributed by atoms with Gasteiger partial charge in [0, 0.05) is 36.2 Å². The maximum atomic E-state index is 11.9. The highest BCUT2D eigenvalue weighted by Crippen LogP contribution is 2.42. The number of benzene rings is 2. The Kier molecular flexibility index (Phi) is 4.20. The van der Waals surface area contributed by atoms with E-state index in [1.54, 1.807) is 4.90 Å². The topological polar surface area (TPSA) is 56.3 Å². The molecule has 4 nitrogen and oxygen atoms in total. The number of amides is 1. The monoisotopic (exact) mass is 374 g/mol. The van der Waals surface area contributed by atoms with Crippen molar-refractivity contribution in [1.29, 1.82) is 0 Å². The average molecular weight is 375 g/mol. The normalized spacial score (nSPS) is 14.0. The molecule has 0 bridgehead atoms. The molecule has 1 aromatic heterocycles. The molecule has 0 atom stereocenters. The fourth-order valence-corrected chi connectivity index (χ4v) is 3.90. The minimum Gasteiger partial charge on any atom is -0.387 e. The molecule has 0 saturated heterocycles. The number of nitrogens with zero attached hydrogens (tertiary/aromatic N) is 1. The molecule has 0 saturated carbocycles. The van der Waals surface area contributed by atoms with Crippen LogP contribution in [0.5, 0.6) is 0 Å². The van der Waals surface area contributed by atoms with E-state index < -0.39 is 6.61 Å². The fourth-order valence-electron chi connectivity index (χ4n) is 3.50. The van der Waals surface area contributed by atoms with E-state index in [0.29, 0.717) is 29.6 Å². The maximum absolute atomic E-state index is 11.9. The van der Waals surface area contributed by atoms with Crippen LogP contribution >= 0.6 is 23.2 Å². The van der Waals surface area contributed by atoms with Crippen molar-refractivity contribution in [3.05, 3.63) is 57.7 Å². The summed E-state index contributed by atoms with van der Waals surface area (Å²) < 4.78 is 0. The van der Waals surface area contributed by atoms with Gasteiger partial charge in [0.25, 0.3) is 0 Å². The molecular formula is C19H16Cl2N2O2. The largest absolute Gasteiger partial charge is 0.387 e. The van der Waals surface area contributed by atoms with Gasteiger partial charge in [-0.3, -0.25) is 4.79 Å². The van der Waals surface area contributed by atoms with Crippen molar-refractivity contribution in [3.8, 4) is 11.1 Å². The van der Waals surface area contributed by atoms with Crippen LogP contribution in [0.1, 0.15) is 11.3 Å². The Balaban J connectivity index is 1.97. The third kappa shape index (κ3) is 2.71. The van der Waals surface area contributed by atoms with Crippen molar-refractivity contribution in [3.63, 3.8) is 0 Å². The first-order valence-electron chi connectivity index (χ1n) is 8.05. The molecule has 0 aliphatic carbocycles. The number of fused-ring (bicyclic) bond motifs is 3. The van der Waals surface area contributed by atoms with Crippen LogP contribution in [0.2, 0.25) is 10.0 Å². The number of hydrogen-bond acceptors (Lipinski definition) is 2. The first-order valence-corrected chi connectivity index (χ1v) is 8.81. The van der Waals surface area contributed by atoms with Crippen LogP contribution in [0, 0.1) is 0 Å². The maximum Gasteiger partial charge on any atom is 0.248 e. The lowest BCUT2D eigenvalue weighted by atomic mass is 9.96. The summed E-state index contributed by atoms with van der Waals surface area (Å²) in [4.78, 5) is 17.0. The van der Waals surface area contributed by atoms with Gasteiger partial charge in [-0.25, -0.2) is 0 Å². The van der Waals surface area contributed by atoms with Crippen molar-refractivity contribution in [2.24, 2.45) is 0 Å². The molecule has 1 aliphatic rings. The Morgan fingerprint density at radius 3 is 2.72 bits per heavy atom. The van der Waals surface area contributed by atoms with Gasteiger partial charge in [-0.05, 0) is 17.2 Å². The molecular weight excluding hydrogens is 359 g/mol. The van der Waals surface area contributed by atoms with Crippen molar-refractivity contribution in [1.82, 2.24) is 9.88 Å². The van der Waals surface area contributed by atoms with E-state index in [1.807, 2.05) is 36.4 Å². The minimum absolute atomic E-state index is 0.263. The van der Waals surface area contributed by atoms with Gasteiger partial charge in [0.05, 0.1) is 15.6 Å². The highest BCUT2D eigenvalue weighted by Gasteiger charge is 2.26. The number of aromatic nitrogens is 1. The third-order valence-corrected chi connectivity index (χ3v) is 5.50. The van der Waals surface area contributed by atoms with Crippen molar-refractivity contribution in [2.45, 2.75) is 13.0 Å². The van der Waals surface area contributed by atoms with Crippen LogP contribution < -0.4 is 0 Å². The Morgan fingerprint density at radius 2 is 2.00 bits per heavy atom. The first kappa shape index (κ1) is 16.5. The minimum atomic E-state index is -0.476. The lowest BCUT2D eigenvalue weighted by Crippen LogP contribution is -2.37. The number of aromatic amines is 1. The van der Waals surface area contributed by atoms with E-state index in [1.165, 1.54) is 0 Å². The number of aliphatic hydroxyl groups excluding tert-OH is 1. The van der Waals surface area contributed by atoms with Gasteiger partial charge in [-0.15, -0.1) is 0 Å². The molecule has 25 heavy (non-hydrogen) atoms. The standard InChI is InChI=1S/C19H16Cl2N2O2/c20-14-8-12(11-4-2-1-3-5-11)17-13-9-23(16(25)10-24)7-6-15(13)22-19(17)18(14)21/h1-5,8,22,24H,6-7,9-10H2. The van der Waals surface area contributed by atoms with Gasteiger partial charge in [0.15, 0.2) is 0 Å². The van der Waals surface area contributed by atoms with Gasteiger partial charge >= 0.3 is 0 Å². The molecule has 4 rings (SSSR count). The van der Waals surface area contributed by atoms with Crippen LogP contribution in [-0.4, -0.2) is 34.0 Å². The highest BCUT2D eigenvalue weighted by atomic mass is 35.5. The van der Waals surface area contributed by atoms with Gasteiger partial charge in [0.1, 0.15) is 6.61 Å². The molecule has 1 aliphatic heterocycles. The number of carbonyl (C=O) groups is 1. The molecule has 0 radical (unpaired) electrons. The number of hydrogen-bond donors (Lipinski definition) is 2. The van der Waals surface area contributed by atoms with Gasteiger partial charge in [-0.2, -0.15) is 0 Å². The van der Waals surface area contributed by atoms with Crippen molar-refractivity contribution >= 4 is 40.0 Å². The quantitative estimate of drug-likeness (QED) is 0.711. The Bertz CT molecular complexity index is 967. The molecule has 2 heterocycles. The number of H-pyrrole nitrogens is 1. The summed E-state index contributed by atoms with van der Waals surface area (Å²) in [6.45, 7) is 0.549. The lowest BCUT2D eigenvalue weighted by molar-refractivity contribution is -0.135. The van der Waals surface area contributed by atoms with Gasteiger partial charge < -0.3 is 15.0 Å². The fraction of sp³-hybridized carbons (Fsp3) is 0.211. The second-order valence-electron chi connectivity index (χ2n) is 6.14. The molecule has 2 aromatic carbocycles. The zero-order valence-corrected chi connectivity index (χ0v) is 14.9. The molecule has 128 valence electrons. The van der Waals surface area contributed by atoms with E-state index in [4.69, 9.17) is 23.2 Å². The molecule has 2 N–H and O–H groups in total. The molecule has 0 fully saturated rings. The summed E-state index contributed by atoms with van der Waals surface area (Å²) in [6.07, 6.45) is 0.692. The molecule has 3 aromatic rings. The lowest BCUT2D eigenvalue weighted by Gasteiger charge is -2.27. The summed E-state index contributed by atoms with van der Waals surface area (Å²) >= 11 is 12.8. The average Bonchev–Trinajstić information content (AvgIpc) is 3.03. The van der Waals surface area contributed by atoms with Crippen LogP contribution in [0.25, 0.3) is 22.0 Å².